The van der Waals surface area contributed by atoms with Crippen molar-refractivity contribution in [3.63, 3.8) is 0 Å². The Labute approximate surface area is 161 Å². The van der Waals surface area contributed by atoms with E-state index in [9.17, 15) is 5.11 Å². The fourth-order valence-electron chi connectivity index (χ4n) is 2.67. The molecule has 0 saturated heterocycles. The number of anilines is 1. The van der Waals surface area contributed by atoms with Crippen molar-refractivity contribution in [1.82, 2.24) is 0 Å². The summed E-state index contributed by atoms with van der Waals surface area (Å²) in [6.07, 6.45) is 0.113. The highest BCUT2D eigenvalue weighted by atomic mass is 16.7. The lowest BCUT2D eigenvalue weighted by Crippen LogP contribution is -2.34. The number of aliphatic hydroxyl groups excluding tert-OH is 1. The number of ether oxygens (including phenoxy) is 3. The second-order valence-corrected chi connectivity index (χ2v) is 6.07. The van der Waals surface area contributed by atoms with Crippen molar-refractivity contribution < 1.29 is 19.3 Å². The van der Waals surface area contributed by atoms with Crippen LogP contribution in [0.5, 0.6) is 5.75 Å². The Bertz CT molecular complexity index is 717. The molecule has 0 amide bonds. The van der Waals surface area contributed by atoms with Gasteiger partial charge < -0.3 is 24.6 Å². The second-order valence-electron chi connectivity index (χ2n) is 6.07. The molecule has 0 heterocycles. The van der Waals surface area contributed by atoms with E-state index in [-0.39, 0.29) is 18.6 Å². The third kappa shape index (κ3) is 6.61. The summed E-state index contributed by atoms with van der Waals surface area (Å²) in [5, 5.41) is 13.4. The van der Waals surface area contributed by atoms with Crippen LogP contribution in [0.25, 0.3) is 0 Å². The van der Waals surface area contributed by atoms with Gasteiger partial charge in [-0.2, -0.15) is 0 Å². The third-order valence-corrected chi connectivity index (χ3v) is 4.28. The van der Waals surface area contributed by atoms with E-state index in [0.717, 1.165) is 17.0 Å². The van der Waals surface area contributed by atoms with Crippen LogP contribution in [0, 0.1) is 17.8 Å². The zero-order valence-corrected chi connectivity index (χ0v) is 16.0. The average Bonchev–Trinajstić information content (AvgIpc) is 2.73. The molecule has 2 aromatic rings. The van der Waals surface area contributed by atoms with Gasteiger partial charge in [-0.05, 0) is 36.4 Å². The lowest BCUT2D eigenvalue weighted by Gasteiger charge is -2.26. The van der Waals surface area contributed by atoms with Gasteiger partial charge in [0.15, 0.2) is 6.29 Å². The summed E-state index contributed by atoms with van der Waals surface area (Å²) in [5.41, 5.74) is 1.82. The van der Waals surface area contributed by atoms with E-state index < -0.39 is 6.29 Å². The summed E-state index contributed by atoms with van der Waals surface area (Å²) in [6, 6.07) is 17.1. The van der Waals surface area contributed by atoms with Crippen molar-refractivity contribution >= 4 is 5.69 Å². The van der Waals surface area contributed by atoms with Crippen LogP contribution in [0.2, 0.25) is 0 Å². The van der Waals surface area contributed by atoms with E-state index in [1.54, 1.807) is 21.3 Å². The molecule has 2 aromatic carbocycles. The molecule has 0 radical (unpaired) electrons. The fraction of sp³-hybridized carbons (Fsp3) is 0.364. The Balaban J connectivity index is 2.24. The number of hydrogen-bond donors (Lipinski definition) is 2. The van der Waals surface area contributed by atoms with Crippen molar-refractivity contribution in [2.75, 3.05) is 33.3 Å². The molecule has 0 bridgehead atoms. The molecule has 27 heavy (non-hydrogen) atoms. The number of nitrogens with one attached hydrogen (secondary N) is 1. The van der Waals surface area contributed by atoms with Crippen molar-refractivity contribution in [2.45, 2.75) is 18.8 Å². The second kappa shape index (κ2) is 11.2. The normalized spacial score (nSPS) is 12.8. The van der Waals surface area contributed by atoms with Gasteiger partial charge in [0.05, 0.1) is 13.2 Å². The van der Waals surface area contributed by atoms with Crippen molar-refractivity contribution in [3.8, 4) is 17.6 Å². The Hall–Kier alpha value is -2.52. The van der Waals surface area contributed by atoms with Crippen LogP contribution in [0.15, 0.2) is 54.6 Å². The van der Waals surface area contributed by atoms with Crippen LogP contribution < -0.4 is 10.1 Å². The number of hydrogen-bond acceptors (Lipinski definition) is 5. The summed E-state index contributed by atoms with van der Waals surface area (Å²) in [6.45, 7) is -0.0412. The minimum absolute atomic E-state index is 0.0412. The first kappa shape index (κ1) is 20.8. The number of methoxy groups -OCH3 is 3. The minimum atomic E-state index is -0.402. The maximum Gasteiger partial charge on any atom is 0.157 e. The van der Waals surface area contributed by atoms with Gasteiger partial charge in [0.25, 0.3) is 0 Å². The van der Waals surface area contributed by atoms with Gasteiger partial charge in [-0.1, -0.05) is 30.0 Å². The van der Waals surface area contributed by atoms with Crippen molar-refractivity contribution in [3.05, 3.63) is 60.2 Å². The third-order valence-electron chi connectivity index (χ3n) is 4.28. The number of aliphatic hydroxyl groups is 1. The Morgan fingerprint density at radius 3 is 2.19 bits per heavy atom. The smallest absolute Gasteiger partial charge is 0.157 e. The maximum absolute atomic E-state index is 9.95. The van der Waals surface area contributed by atoms with E-state index in [0.29, 0.717) is 6.42 Å². The molecule has 0 spiro atoms. The Kier molecular flexibility index (Phi) is 8.66. The molecule has 5 nitrogen and oxygen atoms in total. The lowest BCUT2D eigenvalue weighted by molar-refractivity contribution is -0.116. The first-order chi connectivity index (χ1) is 13.2. The first-order valence-electron chi connectivity index (χ1n) is 8.83. The zero-order chi connectivity index (χ0) is 19.5. The molecule has 0 fully saturated rings. The topological polar surface area (TPSA) is 60.0 Å². The quantitative estimate of drug-likeness (QED) is 0.525. The van der Waals surface area contributed by atoms with Crippen molar-refractivity contribution in [2.24, 2.45) is 5.92 Å². The van der Waals surface area contributed by atoms with Crippen LogP contribution in [0.1, 0.15) is 12.0 Å². The highest BCUT2D eigenvalue weighted by Crippen LogP contribution is 2.20. The molecule has 2 atom stereocenters. The van der Waals surface area contributed by atoms with E-state index >= 15 is 0 Å². The van der Waals surface area contributed by atoms with E-state index in [2.05, 4.69) is 17.2 Å². The lowest BCUT2D eigenvalue weighted by atomic mass is 9.96. The predicted octanol–water partition coefficient (Wildman–Crippen LogP) is 3.14. The van der Waals surface area contributed by atoms with Gasteiger partial charge in [0.2, 0.25) is 0 Å². The highest BCUT2D eigenvalue weighted by molar-refractivity contribution is 5.49. The summed E-state index contributed by atoms with van der Waals surface area (Å²) < 4.78 is 15.8. The van der Waals surface area contributed by atoms with Crippen LogP contribution in [-0.4, -0.2) is 45.4 Å². The van der Waals surface area contributed by atoms with Gasteiger partial charge in [-0.3, -0.25) is 0 Å². The van der Waals surface area contributed by atoms with Crippen LogP contribution in [0.4, 0.5) is 5.69 Å². The van der Waals surface area contributed by atoms with Gasteiger partial charge >= 0.3 is 0 Å². The predicted molar refractivity (Wildman–Crippen MR) is 107 cm³/mol. The summed E-state index contributed by atoms with van der Waals surface area (Å²) in [4.78, 5) is 0. The van der Waals surface area contributed by atoms with E-state index in [4.69, 9.17) is 14.2 Å². The standard InChI is InChI=1S/C22H27NO4/c1-25-20-12-10-19(11-13-20)23-21(14-9-17-7-5-4-6-8-17)18(16-24)15-22(26-2)27-3/h4-8,10-13,18,21-24H,15-16H2,1-3H3/t18-,21?/m1/s1. The molecule has 2 rings (SSSR count). The zero-order valence-electron chi connectivity index (χ0n) is 16.0. The van der Waals surface area contributed by atoms with E-state index in [1.807, 2.05) is 54.6 Å². The molecule has 2 N–H and O–H groups in total. The van der Waals surface area contributed by atoms with Gasteiger partial charge in [0, 0.05) is 44.4 Å². The fourth-order valence-corrected chi connectivity index (χ4v) is 2.67. The number of benzene rings is 2. The van der Waals surface area contributed by atoms with Gasteiger partial charge in [0.1, 0.15) is 5.75 Å². The van der Waals surface area contributed by atoms with Crippen LogP contribution in [0.3, 0.4) is 0 Å². The summed E-state index contributed by atoms with van der Waals surface area (Å²) >= 11 is 0. The minimum Gasteiger partial charge on any atom is -0.497 e. The molecule has 0 aliphatic carbocycles. The summed E-state index contributed by atoms with van der Waals surface area (Å²) in [7, 11) is 4.81. The van der Waals surface area contributed by atoms with Crippen LogP contribution in [-0.2, 0) is 9.47 Å². The average molecular weight is 369 g/mol. The SMILES string of the molecule is COc1ccc(NC(C#Cc2ccccc2)[C@@H](CO)CC(OC)OC)cc1. The van der Waals surface area contributed by atoms with Gasteiger partial charge in [-0.15, -0.1) is 0 Å². The van der Waals surface area contributed by atoms with Gasteiger partial charge in [-0.25, -0.2) is 0 Å². The maximum atomic E-state index is 9.95. The molecule has 0 aliphatic rings. The molecule has 0 saturated carbocycles. The summed E-state index contributed by atoms with van der Waals surface area (Å²) in [5.74, 6) is 7.05. The molecular weight excluding hydrogens is 342 g/mol. The number of rotatable bonds is 9. The molecular formula is C22H27NO4. The largest absolute Gasteiger partial charge is 0.497 e. The molecule has 1 unspecified atom stereocenters. The molecule has 0 aliphatic heterocycles. The van der Waals surface area contributed by atoms with E-state index in [1.165, 1.54) is 0 Å². The van der Waals surface area contributed by atoms with Crippen LogP contribution >= 0.6 is 0 Å². The first-order valence-corrected chi connectivity index (χ1v) is 8.83. The van der Waals surface area contributed by atoms with Crippen molar-refractivity contribution in [1.29, 1.82) is 0 Å². The Morgan fingerprint density at radius 2 is 1.63 bits per heavy atom. The monoisotopic (exact) mass is 369 g/mol. The molecule has 0 aromatic heterocycles. The molecule has 5 heteroatoms. The Morgan fingerprint density at radius 1 is 0.963 bits per heavy atom. The molecule has 144 valence electrons. The highest BCUT2D eigenvalue weighted by Gasteiger charge is 2.23.